The Bertz CT molecular complexity index is 1310. The third-order valence-corrected chi connectivity index (χ3v) is 7.92. The summed E-state index contributed by atoms with van der Waals surface area (Å²) in [6, 6.07) is 25.2. The summed E-state index contributed by atoms with van der Waals surface area (Å²) in [5.41, 5.74) is 3.22. The molecule has 39 heavy (non-hydrogen) atoms. The van der Waals surface area contributed by atoms with Crippen molar-refractivity contribution in [2.24, 2.45) is 0 Å². The third kappa shape index (κ3) is 8.68. The van der Waals surface area contributed by atoms with Crippen molar-refractivity contribution in [3.63, 3.8) is 0 Å². The maximum absolute atomic E-state index is 14.0. The first kappa shape index (κ1) is 29.9. The lowest BCUT2D eigenvalue weighted by atomic mass is 10.0. The molecule has 7 nitrogen and oxygen atoms in total. The van der Waals surface area contributed by atoms with Crippen molar-refractivity contribution < 1.29 is 18.0 Å². The second-order valence-corrected chi connectivity index (χ2v) is 11.7. The second-order valence-electron chi connectivity index (χ2n) is 9.82. The topological polar surface area (TPSA) is 86.8 Å². The van der Waals surface area contributed by atoms with E-state index in [9.17, 15) is 18.0 Å². The van der Waals surface area contributed by atoms with Gasteiger partial charge in [-0.05, 0) is 48.6 Å². The number of sulfonamides is 1. The highest BCUT2D eigenvalue weighted by atomic mass is 32.2. The van der Waals surface area contributed by atoms with Gasteiger partial charge in [-0.15, -0.1) is 0 Å². The number of amides is 2. The van der Waals surface area contributed by atoms with Crippen LogP contribution in [0.3, 0.4) is 0 Å². The molecule has 0 aliphatic rings. The molecule has 0 aromatic heterocycles. The fraction of sp³-hybridized carbons (Fsp3) is 0.355. The molecule has 0 aliphatic carbocycles. The van der Waals surface area contributed by atoms with E-state index in [4.69, 9.17) is 0 Å². The summed E-state index contributed by atoms with van der Waals surface area (Å²) in [5, 5.41) is 3.03. The van der Waals surface area contributed by atoms with Crippen molar-refractivity contribution in [3.05, 3.63) is 102 Å². The fourth-order valence-electron chi connectivity index (χ4n) is 4.29. The summed E-state index contributed by atoms with van der Waals surface area (Å²) in [7, 11) is -3.78. The molecule has 0 radical (unpaired) electrons. The molecule has 0 unspecified atom stereocenters. The van der Waals surface area contributed by atoms with E-state index in [1.54, 1.807) is 12.1 Å². The van der Waals surface area contributed by atoms with E-state index in [1.165, 1.54) is 4.90 Å². The Labute approximate surface area is 232 Å². The van der Waals surface area contributed by atoms with Gasteiger partial charge < -0.3 is 10.2 Å². The van der Waals surface area contributed by atoms with E-state index in [-0.39, 0.29) is 18.5 Å². The minimum absolute atomic E-state index is 0.0750. The average molecular weight is 550 g/mol. The van der Waals surface area contributed by atoms with Crippen LogP contribution in [0.2, 0.25) is 0 Å². The lowest BCUT2D eigenvalue weighted by molar-refractivity contribution is -0.140. The van der Waals surface area contributed by atoms with Crippen molar-refractivity contribution in [3.8, 4) is 0 Å². The number of aryl methyl sites for hydroxylation is 1. The molecule has 2 atom stereocenters. The van der Waals surface area contributed by atoms with Crippen LogP contribution in [0.4, 0.5) is 5.69 Å². The summed E-state index contributed by atoms with van der Waals surface area (Å²) in [6.07, 6.45) is 2.94. The Kier molecular flexibility index (Phi) is 10.7. The molecule has 1 N–H and O–H groups in total. The van der Waals surface area contributed by atoms with Crippen molar-refractivity contribution in [2.45, 2.75) is 58.7 Å². The first-order chi connectivity index (χ1) is 18.6. The Morgan fingerprint density at radius 2 is 1.38 bits per heavy atom. The summed E-state index contributed by atoms with van der Waals surface area (Å²) < 4.78 is 26.8. The summed E-state index contributed by atoms with van der Waals surface area (Å²) in [6.45, 7) is 5.67. The van der Waals surface area contributed by atoms with Crippen LogP contribution in [-0.2, 0) is 39.0 Å². The van der Waals surface area contributed by atoms with Crippen LogP contribution < -0.4 is 9.62 Å². The highest BCUT2D eigenvalue weighted by Crippen LogP contribution is 2.21. The van der Waals surface area contributed by atoms with E-state index < -0.39 is 28.5 Å². The number of nitrogens with zero attached hydrogens (tertiary/aromatic N) is 2. The number of carbonyl (C=O) groups is 2. The van der Waals surface area contributed by atoms with Crippen molar-refractivity contribution in [2.75, 3.05) is 17.1 Å². The van der Waals surface area contributed by atoms with Crippen LogP contribution in [-0.4, -0.2) is 50.0 Å². The van der Waals surface area contributed by atoms with Gasteiger partial charge in [0, 0.05) is 19.0 Å². The van der Waals surface area contributed by atoms with Gasteiger partial charge in [0.05, 0.1) is 11.9 Å². The first-order valence-electron chi connectivity index (χ1n) is 13.4. The zero-order chi connectivity index (χ0) is 28.4. The van der Waals surface area contributed by atoms with Gasteiger partial charge in [-0.25, -0.2) is 8.42 Å². The molecule has 0 aliphatic heterocycles. The van der Waals surface area contributed by atoms with Crippen LogP contribution in [0.25, 0.3) is 0 Å². The number of rotatable bonds is 13. The molecular weight excluding hydrogens is 510 g/mol. The number of hydrogen-bond acceptors (Lipinski definition) is 4. The lowest BCUT2D eigenvalue weighted by Gasteiger charge is -2.34. The molecule has 0 spiro atoms. The Morgan fingerprint density at radius 3 is 1.90 bits per heavy atom. The lowest BCUT2D eigenvalue weighted by Crippen LogP contribution is -2.54. The summed E-state index contributed by atoms with van der Waals surface area (Å²) in [5.74, 6) is -0.722. The van der Waals surface area contributed by atoms with Gasteiger partial charge in [0.2, 0.25) is 21.8 Å². The molecule has 3 aromatic carbocycles. The SMILES string of the molecule is CCc1ccc(N(CC(=O)N(Cc2ccccc2)[C@@H](Cc2ccccc2)C(=O)N[C@@H](C)CC)S(C)(=O)=O)cc1. The Hall–Kier alpha value is -3.65. The maximum atomic E-state index is 14.0. The van der Waals surface area contributed by atoms with E-state index in [0.717, 1.165) is 40.1 Å². The number of benzene rings is 3. The van der Waals surface area contributed by atoms with E-state index in [0.29, 0.717) is 12.1 Å². The minimum Gasteiger partial charge on any atom is -0.352 e. The van der Waals surface area contributed by atoms with Crippen LogP contribution >= 0.6 is 0 Å². The predicted molar refractivity (Wildman–Crippen MR) is 157 cm³/mol. The highest BCUT2D eigenvalue weighted by molar-refractivity contribution is 7.92. The normalized spacial score (nSPS) is 12.8. The fourth-order valence-corrected chi connectivity index (χ4v) is 5.14. The van der Waals surface area contributed by atoms with Gasteiger partial charge in [0.1, 0.15) is 12.6 Å². The quantitative estimate of drug-likeness (QED) is 0.338. The van der Waals surface area contributed by atoms with Crippen LogP contribution in [0.5, 0.6) is 0 Å². The minimum atomic E-state index is -3.78. The van der Waals surface area contributed by atoms with Crippen molar-refractivity contribution >= 4 is 27.5 Å². The van der Waals surface area contributed by atoms with Gasteiger partial charge >= 0.3 is 0 Å². The van der Waals surface area contributed by atoms with E-state index in [1.807, 2.05) is 93.6 Å². The summed E-state index contributed by atoms with van der Waals surface area (Å²) >= 11 is 0. The largest absolute Gasteiger partial charge is 0.352 e. The van der Waals surface area contributed by atoms with Gasteiger partial charge in [-0.2, -0.15) is 0 Å². The molecule has 3 rings (SSSR count). The molecule has 3 aromatic rings. The van der Waals surface area contributed by atoms with Gasteiger partial charge in [0.15, 0.2) is 0 Å². The third-order valence-electron chi connectivity index (χ3n) is 6.78. The van der Waals surface area contributed by atoms with Gasteiger partial charge in [-0.1, -0.05) is 86.6 Å². The molecule has 208 valence electrons. The molecular formula is C31H39N3O4S. The number of hydrogen-bond donors (Lipinski definition) is 1. The average Bonchev–Trinajstić information content (AvgIpc) is 2.94. The number of carbonyl (C=O) groups excluding carboxylic acids is 2. The summed E-state index contributed by atoms with van der Waals surface area (Å²) in [4.78, 5) is 29.2. The second kappa shape index (κ2) is 13.9. The zero-order valence-electron chi connectivity index (χ0n) is 23.2. The predicted octanol–water partition coefficient (Wildman–Crippen LogP) is 4.57. The van der Waals surface area contributed by atoms with Gasteiger partial charge in [-0.3, -0.25) is 13.9 Å². The molecule has 0 bridgehead atoms. The molecule has 0 heterocycles. The van der Waals surface area contributed by atoms with Crippen LogP contribution in [0, 0.1) is 0 Å². The van der Waals surface area contributed by atoms with Crippen LogP contribution in [0.1, 0.15) is 43.9 Å². The first-order valence-corrected chi connectivity index (χ1v) is 15.2. The van der Waals surface area contributed by atoms with Crippen LogP contribution in [0.15, 0.2) is 84.9 Å². The molecule has 0 fully saturated rings. The molecule has 8 heteroatoms. The van der Waals surface area contributed by atoms with Gasteiger partial charge in [0.25, 0.3) is 0 Å². The Balaban J connectivity index is 2.02. The van der Waals surface area contributed by atoms with Crippen molar-refractivity contribution in [1.82, 2.24) is 10.2 Å². The molecule has 0 saturated carbocycles. The number of anilines is 1. The van der Waals surface area contributed by atoms with E-state index in [2.05, 4.69) is 5.32 Å². The Morgan fingerprint density at radius 1 is 0.821 bits per heavy atom. The monoisotopic (exact) mass is 549 g/mol. The highest BCUT2D eigenvalue weighted by Gasteiger charge is 2.33. The maximum Gasteiger partial charge on any atom is 0.244 e. The molecule has 2 amide bonds. The molecule has 0 saturated heterocycles. The standard InChI is InChI=1S/C31H39N3O4S/c1-5-24(3)32-31(36)29(21-26-13-9-7-10-14-26)33(22-27-15-11-8-12-16-27)30(35)23-34(39(4,37)38)28-19-17-25(6-2)18-20-28/h7-20,24,29H,5-6,21-23H2,1-4H3,(H,32,36)/t24-,29-/m0/s1. The van der Waals surface area contributed by atoms with Crippen molar-refractivity contribution in [1.29, 1.82) is 0 Å². The number of nitrogens with one attached hydrogen (secondary N) is 1. The zero-order valence-corrected chi connectivity index (χ0v) is 24.0. The van der Waals surface area contributed by atoms with E-state index >= 15 is 0 Å². The smallest absolute Gasteiger partial charge is 0.244 e.